The van der Waals surface area contributed by atoms with Crippen molar-refractivity contribution >= 4 is 38.6 Å². The van der Waals surface area contributed by atoms with E-state index in [1.165, 1.54) is 0 Å². The largest absolute Gasteiger partial charge is 0.467 e. The molecule has 0 aliphatic heterocycles. The molecule has 0 spiro atoms. The summed E-state index contributed by atoms with van der Waals surface area (Å²) in [7, 11) is 0. The lowest BCUT2D eigenvalue weighted by Gasteiger charge is -2.16. The van der Waals surface area contributed by atoms with Gasteiger partial charge in [-0.3, -0.25) is 0 Å². The SMILES string of the molecule is CC(Cl)c1nc2ccc(Br)cc2n1C(C)c1ccco1. The van der Waals surface area contributed by atoms with Crippen LogP contribution in [-0.4, -0.2) is 9.55 Å². The lowest BCUT2D eigenvalue weighted by Crippen LogP contribution is -2.10. The van der Waals surface area contributed by atoms with Crippen LogP contribution in [0.2, 0.25) is 0 Å². The van der Waals surface area contributed by atoms with Gasteiger partial charge in [0, 0.05) is 4.47 Å². The molecule has 0 saturated heterocycles. The van der Waals surface area contributed by atoms with Crippen molar-refractivity contribution in [3.8, 4) is 0 Å². The Morgan fingerprint density at radius 2 is 2.10 bits per heavy atom. The number of hydrogen-bond acceptors (Lipinski definition) is 2. The molecule has 0 fully saturated rings. The molecule has 0 aliphatic carbocycles. The summed E-state index contributed by atoms with van der Waals surface area (Å²) in [5, 5.41) is -0.168. The second kappa shape index (κ2) is 5.26. The number of benzene rings is 1. The predicted molar refractivity (Wildman–Crippen MR) is 84.2 cm³/mol. The van der Waals surface area contributed by atoms with Crippen LogP contribution in [0.25, 0.3) is 11.0 Å². The van der Waals surface area contributed by atoms with Crippen LogP contribution in [0.5, 0.6) is 0 Å². The first kappa shape index (κ1) is 13.7. The number of hydrogen-bond donors (Lipinski definition) is 0. The first-order valence-electron chi connectivity index (χ1n) is 6.43. The second-order valence-corrected chi connectivity index (χ2v) is 6.35. The van der Waals surface area contributed by atoms with Crippen molar-refractivity contribution in [2.75, 3.05) is 0 Å². The van der Waals surface area contributed by atoms with Crippen molar-refractivity contribution in [2.45, 2.75) is 25.3 Å². The average Bonchev–Trinajstić information content (AvgIpc) is 3.04. The Kier molecular flexibility index (Phi) is 3.61. The molecule has 2 unspecified atom stereocenters. The van der Waals surface area contributed by atoms with Gasteiger partial charge in [0.1, 0.15) is 11.6 Å². The first-order chi connectivity index (χ1) is 9.58. The maximum atomic E-state index is 6.30. The van der Waals surface area contributed by atoms with Gasteiger partial charge >= 0.3 is 0 Å². The van der Waals surface area contributed by atoms with E-state index in [9.17, 15) is 0 Å². The molecule has 20 heavy (non-hydrogen) atoms. The van der Waals surface area contributed by atoms with Gasteiger partial charge in [0.2, 0.25) is 0 Å². The van der Waals surface area contributed by atoms with Crippen molar-refractivity contribution in [1.82, 2.24) is 9.55 Å². The fraction of sp³-hybridized carbons (Fsp3) is 0.267. The van der Waals surface area contributed by atoms with Gasteiger partial charge in [0.25, 0.3) is 0 Å². The fourth-order valence-corrected chi connectivity index (χ4v) is 2.93. The zero-order valence-corrected chi connectivity index (χ0v) is 13.5. The van der Waals surface area contributed by atoms with Crippen molar-refractivity contribution in [1.29, 1.82) is 0 Å². The summed E-state index contributed by atoms with van der Waals surface area (Å²) >= 11 is 9.81. The average molecular weight is 354 g/mol. The molecule has 3 rings (SSSR count). The third kappa shape index (κ3) is 2.27. The van der Waals surface area contributed by atoms with Gasteiger partial charge in [0.05, 0.1) is 28.7 Å². The van der Waals surface area contributed by atoms with E-state index in [1.54, 1.807) is 6.26 Å². The minimum absolute atomic E-state index is 0.0421. The van der Waals surface area contributed by atoms with Crippen LogP contribution >= 0.6 is 27.5 Å². The molecule has 2 atom stereocenters. The molecule has 0 aliphatic rings. The molecule has 5 heteroatoms. The van der Waals surface area contributed by atoms with Crippen LogP contribution in [0.3, 0.4) is 0 Å². The van der Waals surface area contributed by atoms with Crippen molar-refractivity contribution < 1.29 is 4.42 Å². The normalized spacial score (nSPS) is 14.6. The summed E-state index contributed by atoms with van der Waals surface area (Å²) in [5.41, 5.74) is 1.99. The molecular formula is C15H14BrClN2O. The molecule has 3 aromatic rings. The van der Waals surface area contributed by atoms with E-state index in [4.69, 9.17) is 16.0 Å². The van der Waals surface area contributed by atoms with Crippen molar-refractivity contribution in [3.63, 3.8) is 0 Å². The molecule has 3 nitrogen and oxygen atoms in total. The van der Waals surface area contributed by atoms with E-state index in [0.29, 0.717) is 0 Å². The Labute approximate surface area is 130 Å². The number of aromatic nitrogens is 2. The van der Waals surface area contributed by atoms with Gasteiger partial charge in [-0.1, -0.05) is 15.9 Å². The molecule has 2 aromatic heterocycles. The zero-order valence-electron chi connectivity index (χ0n) is 11.2. The summed E-state index contributed by atoms with van der Waals surface area (Å²) in [4.78, 5) is 4.65. The lowest BCUT2D eigenvalue weighted by atomic mass is 10.2. The Morgan fingerprint density at radius 1 is 1.30 bits per heavy atom. The minimum atomic E-state index is -0.168. The highest BCUT2D eigenvalue weighted by molar-refractivity contribution is 9.10. The molecule has 104 valence electrons. The van der Waals surface area contributed by atoms with E-state index < -0.39 is 0 Å². The van der Waals surface area contributed by atoms with Crippen LogP contribution in [0.1, 0.15) is 36.9 Å². The predicted octanol–water partition coefficient (Wildman–Crippen LogP) is 5.30. The quantitative estimate of drug-likeness (QED) is 0.598. The number of nitrogens with zero attached hydrogens (tertiary/aromatic N) is 2. The number of halogens is 2. The Morgan fingerprint density at radius 3 is 2.75 bits per heavy atom. The van der Waals surface area contributed by atoms with E-state index in [0.717, 1.165) is 27.1 Å². The van der Waals surface area contributed by atoms with Crippen molar-refractivity contribution in [3.05, 3.63) is 52.7 Å². The molecule has 1 aromatic carbocycles. The summed E-state index contributed by atoms with van der Waals surface area (Å²) in [5.74, 6) is 1.74. The summed E-state index contributed by atoms with van der Waals surface area (Å²) in [6.45, 7) is 4.02. The third-order valence-corrected chi connectivity index (χ3v) is 4.07. The van der Waals surface area contributed by atoms with E-state index >= 15 is 0 Å². The smallest absolute Gasteiger partial charge is 0.128 e. The summed E-state index contributed by atoms with van der Waals surface area (Å²) in [6.07, 6.45) is 1.69. The fourth-order valence-electron chi connectivity index (χ4n) is 2.43. The number of imidazole rings is 1. The van der Waals surface area contributed by atoms with Gasteiger partial charge in [0.15, 0.2) is 0 Å². The number of fused-ring (bicyclic) bond motifs is 1. The maximum Gasteiger partial charge on any atom is 0.128 e. The van der Waals surface area contributed by atoms with Gasteiger partial charge in [-0.15, -0.1) is 11.6 Å². The topological polar surface area (TPSA) is 31.0 Å². The highest BCUT2D eigenvalue weighted by atomic mass is 79.9. The van der Waals surface area contributed by atoms with E-state index in [2.05, 4.69) is 38.5 Å². The molecule has 0 saturated carbocycles. The first-order valence-corrected chi connectivity index (χ1v) is 7.65. The highest BCUT2D eigenvalue weighted by Gasteiger charge is 2.21. The molecule has 0 N–H and O–H groups in total. The Balaban J connectivity index is 2.25. The molecule has 0 amide bonds. The number of alkyl halides is 1. The Bertz CT molecular complexity index is 734. The van der Waals surface area contributed by atoms with Crippen LogP contribution < -0.4 is 0 Å². The summed E-state index contributed by atoms with van der Waals surface area (Å²) < 4.78 is 8.69. The number of furan rings is 1. The standard InChI is InChI=1S/C15H14BrClN2O/c1-9(17)15-18-12-6-5-11(16)8-13(12)19(15)10(2)14-4-3-7-20-14/h3-10H,1-2H3. The van der Waals surface area contributed by atoms with Crippen LogP contribution in [0.4, 0.5) is 0 Å². The molecule has 0 radical (unpaired) electrons. The van der Waals surface area contributed by atoms with Gasteiger partial charge in [-0.25, -0.2) is 4.98 Å². The molecule has 0 bridgehead atoms. The highest BCUT2D eigenvalue weighted by Crippen LogP contribution is 2.32. The van der Waals surface area contributed by atoms with Crippen molar-refractivity contribution in [2.24, 2.45) is 0 Å². The van der Waals surface area contributed by atoms with Crippen LogP contribution in [0, 0.1) is 0 Å². The molecular weight excluding hydrogens is 340 g/mol. The number of rotatable bonds is 3. The maximum absolute atomic E-state index is 6.30. The third-order valence-electron chi connectivity index (χ3n) is 3.38. The van der Waals surface area contributed by atoms with Crippen LogP contribution in [-0.2, 0) is 0 Å². The van der Waals surface area contributed by atoms with E-state index in [-0.39, 0.29) is 11.4 Å². The second-order valence-electron chi connectivity index (χ2n) is 4.78. The monoisotopic (exact) mass is 352 g/mol. The zero-order chi connectivity index (χ0) is 14.3. The Hall–Kier alpha value is -1.26. The van der Waals surface area contributed by atoms with Crippen LogP contribution in [0.15, 0.2) is 45.5 Å². The summed E-state index contributed by atoms with van der Waals surface area (Å²) in [6, 6.07) is 9.94. The van der Waals surface area contributed by atoms with E-state index in [1.807, 2.05) is 31.2 Å². The minimum Gasteiger partial charge on any atom is -0.467 e. The lowest BCUT2D eigenvalue weighted by molar-refractivity contribution is 0.444. The van der Waals surface area contributed by atoms with Gasteiger partial charge in [-0.05, 0) is 44.2 Å². The van der Waals surface area contributed by atoms with Gasteiger partial charge < -0.3 is 8.98 Å². The molecule has 2 heterocycles. The van der Waals surface area contributed by atoms with Gasteiger partial charge in [-0.2, -0.15) is 0 Å².